The molecular formula is C21H29N. The van der Waals surface area contributed by atoms with Gasteiger partial charge in [-0.05, 0) is 59.9 Å². The van der Waals surface area contributed by atoms with E-state index in [4.69, 9.17) is 5.73 Å². The number of hydrogen-bond donors (Lipinski definition) is 1. The molecule has 0 aromatic heterocycles. The predicted octanol–water partition coefficient (Wildman–Crippen LogP) is 5.22. The van der Waals surface area contributed by atoms with Crippen LogP contribution in [0.25, 0.3) is 11.1 Å². The van der Waals surface area contributed by atoms with Crippen molar-refractivity contribution in [3.8, 4) is 11.1 Å². The Morgan fingerprint density at radius 1 is 0.727 bits per heavy atom. The second-order valence-electron chi connectivity index (χ2n) is 7.35. The normalized spacial score (nSPS) is 11.6. The van der Waals surface area contributed by atoms with Crippen molar-refractivity contribution >= 4 is 0 Å². The maximum absolute atomic E-state index is 5.59. The van der Waals surface area contributed by atoms with Crippen LogP contribution in [0, 0.1) is 5.41 Å². The molecule has 22 heavy (non-hydrogen) atoms. The van der Waals surface area contributed by atoms with Crippen molar-refractivity contribution in [2.45, 2.75) is 46.5 Å². The van der Waals surface area contributed by atoms with Gasteiger partial charge in [-0.15, -0.1) is 0 Å². The van der Waals surface area contributed by atoms with Crippen molar-refractivity contribution in [1.82, 2.24) is 0 Å². The smallest absolute Gasteiger partial charge is 0.00367 e. The Morgan fingerprint density at radius 3 is 1.59 bits per heavy atom. The van der Waals surface area contributed by atoms with Crippen molar-refractivity contribution in [2.75, 3.05) is 6.54 Å². The fourth-order valence-corrected chi connectivity index (χ4v) is 2.72. The average Bonchev–Trinajstić information content (AvgIpc) is 2.48. The first kappa shape index (κ1) is 16.8. The lowest BCUT2D eigenvalue weighted by molar-refractivity contribution is 0.365. The summed E-state index contributed by atoms with van der Waals surface area (Å²) in [7, 11) is 0. The molecule has 2 rings (SSSR count). The van der Waals surface area contributed by atoms with Crippen molar-refractivity contribution in [1.29, 1.82) is 0 Å². The summed E-state index contributed by atoms with van der Waals surface area (Å²) < 4.78 is 0. The zero-order chi connectivity index (χ0) is 16.0. The molecule has 2 aromatic rings. The zero-order valence-electron chi connectivity index (χ0n) is 14.2. The second-order valence-corrected chi connectivity index (χ2v) is 7.35. The van der Waals surface area contributed by atoms with Crippen molar-refractivity contribution in [3.63, 3.8) is 0 Å². The third kappa shape index (κ3) is 5.31. The fraction of sp³-hybridized carbons (Fsp3) is 0.429. The average molecular weight is 295 g/mol. The molecule has 118 valence electrons. The Morgan fingerprint density at radius 2 is 1.18 bits per heavy atom. The van der Waals surface area contributed by atoms with Crippen LogP contribution in [0.15, 0.2) is 48.5 Å². The van der Waals surface area contributed by atoms with Gasteiger partial charge in [-0.1, -0.05) is 69.3 Å². The summed E-state index contributed by atoms with van der Waals surface area (Å²) in [6.07, 6.45) is 4.66. The standard InChI is InChI=1S/C21H29N/c1-21(2,3)15-4-5-17-6-10-19(11-7-17)20-12-8-18(9-13-20)14-16-22/h6-13H,4-5,14-16,22H2,1-3H3. The molecule has 0 fully saturated rings. The van der Waals surface area contributed by atoms with Crippen LogP contribution < -0.4 is 5.73 Å². The molecule has 0 spiro atoms. The molecule has 0 saturated heterocycles. The number of rotatable bonds is 6. The molecule has 0 aliphatic rings. The van der Waals surface area contributed by atoms with Gasteiger partial charge < -0.3 is 5.73 Å². The predicted molar refractivity (Wildman–Crippen MR) is 97.0 cm³/mol. The molecule has 0 unspecified atom stereocenters. The summed E-state index contributed by atoms with van der Waals surface area (Å²) in [6, 6.07) is 17.8. The molecule has 0 radical (unpaired) electrons. The van der Waals surface area contributed by atoms with Crippen LogP contribution >= 0.6 is 0 Å². The second kappa shape index (κ2) is 7.60. The van der Waals surface area contributed by atoms with E-state index in [-0.39, 0.29) is 0 Å². The Bertz CT molecular complexity index is 558. The highest BCUT2D eigenvalue weighted by molar-refractivity contribution is 5.63. The van der Waals surface area contributed by atoms with Crippen LogP contribution in [0.2, 0.25) is 0 Å². The largest absolute Gasteiger partial charge is 0.330 e. The van der Waals surface area contributed by atoms with E-state index >= 15 is 0 Å². The van der Waals surface area contributed by atoms with E-state index in [1.807, 2.05) is 0 Å². The van der Waals surface area contributed by atoms with E-state index in [0.29, 0.717) is 12.0 Å². The number of nitrogens with two attached hydrogens (primary N) is 1. The van der Waals surface area contributed by atoms with Gasteiger partial charge in [0.2, 0.25) is 0 Å². The van der Waals surface area contributed by atoms with Crippen molar-refractivity contribution in [3.05, 3.63) is 59.7 Å². The third-order valence-electron chi connectivity index (χ3n) is 4.07. The molecule has 2 aromatic carbocycles. The molecule has 0 saturated carbocycles. The van der Waals surface area contributed by atoms with Gasteiger partial charge in [0.1, 0.15) is 0 Å². The van der Waals surface area contributed by atoms with Crippen molar-refractivity contribution in [2.24, 2.45) is 11.1 Å². The SMILES string of the molecule is CC(C)(C)CCCc1ccc(-c2ccc(CCN)cc2)cc1. The molecular weight excluding hydrogens is 266 g/mol. The van der Waals surface area contributed by atoms with Gasteiger partial charge in [0.15, 0.2) is 0 Å². The highest BCUT2D eigenvalue weighted by atomic mass is 14.5. The van der Waals surface area contributed by atoms with Gasteiger partial charge in [-0.3, -0.25) is 0 Å². The van der Waals surface area contributed by atoms with E-state index in [9.17, 15) is 0 Å². The van der Waals surface area contributed by atoms with E-state index in [2.05, 4.69) is 69.3 Å². The molecule has 0 heterocycles. The minimum Gasteiger partial charge on any atom is -0.330 e. The van der Waals surface area contributed by atoms with Gasteiger partial charge in [-0.25, -0.2) is 0 Å². The molecule has 2 N–H and O–H groups in total. The molecule has 0 aliphatic heterocycles. The lowest BCUT2D eigenvalue weighted by Gasteiger charge is -2.17. The van der Waals surface area contributed by atoms with Gasteiger partial charge >= 0.3 is 0 Å². The minimum atomic E-state index is 0.436. The van der Waals surface area contributed by atoms with E-state index in [0.717, 1.165) is 6.42 Å². The topological polar surface area (TPSA) is 26.0 Å². The van der Waals surface area contributed by atoms with Crippen molar-refractivity contribution < 1.29 is 0 Å². The van der Waals surface area contributed by atoms with Crippen LogP contribution in [-0.4, -0.2) is 6.54 Å². The highest BCUT2D eigenvalue weighted by Crippen LogP contribution is 2.24. The van der Waals surface area contributed by atoms with Gasteiger partial charge in [0, 0.05) is 0 Å². The minimum absolute atomic E-state index is 0.436. The summed E-state index contributed by atoms with van der Waals surface area (Å²) in [5, 5.41) is 0. The lowest BCUT2D eigenvalue weighted by Crippen LogP contribution is -2.04. The highest BCUT2D eigenvalue weighted by Gasteiger charge is 2.09. The van der Waals surface area contributed by atoms with E-state index in [1.165, 1.54) is 41.5 Å². The van der Waals surface area contributed by atoms with Gasteiger partial charge in [0.25, 0.3) is 0 Å². The van der Waals surface area contributed by atoms with Gasteiger partial charge in [-0.2, -0.15) is 0 Å². The summed E-state index contributed by atoms with van der Waals surface area (Å²) in [4.78, 5) is 0. The summed E-state index contributed by atoms with van der Waals surface area (Å²) in [5.74, 6) is 0. The van der Waals surface area contributed by atoms with Crippen LogP contribution in [0.5, 0.6) is 0 Å². The Balaban J connectivity index is 1.96. The monoisotopic (exact) mass is 295 g/mol. The first-order valence-electron chi connectivity index (χ1n) is 8.36. The van der Waals surface area contributed by atoms with E-state index in [1.54, 1.807) is 0 Å². The first-order chi connectivity index (χ1) is 10.5. The van der Waals surface area contributed by atoms with Crippen LogP contribution in [0.3, 0.4) is 0 Å². The van der Waals surface area contributed by atoms with Crippen LogP contribution in [0.4, 0.5) is 0 Å². The molecule has 1 heteroatoms. The zero-order valence-corrected chi connectivity index (χ0v) is 14.2. The lowest BCUT2D eigenvalue weighted by atomic mass is 9.89. The summed E-state index contributed by atoms with van der Waals surface area (Å²) >= 11 is 0. The maximum Gasteiger partial charge on any atom is -0.00367 e. The quantitative estimate of drug-likeness (QED) is 0.776. The number of benzene rings is 2. The molecule has 1 nitrogen and oxygen atoms in total. The molecule has 0 aliphatic carbocycles. The number of hydrogen-bond acceptors (Lipinski definition) is 1. The van der Waals surface area contributed by atoms with E-state index < -0.39 is 0 Å². The van der Waals surface area contributed by atoms with Crippen LogP contribution in [0.1, 0.15) is 44.7 Å². The fourth-order valence-electron chi connectivity index (χ4n) is 2.72. The third-order valence-corrected chi connectivity index (χ3v) is 4.07. The first-order valence-corrected chi connectivity index (χ1v) is 8.36. The molecule has 0 bridgehead atoms. The molecule has 0 amide bonds. The van der Waals surface area contributed by atoms with Gasteiger partial charge in [0.05, 0.1) is 0 Å². The summed E-state index contributed by atoms with van der Waals surface area (Å²) in [6.45, 7) is 7.64. The Labute approximate surface area is 135 Å². The number of aryl methyl sites for hydroxylation is 1. The Hall–Kier alpha value is -1.60. The molecule has 0 atom stereocenters. The van der Waals surface area contributed by atoms with Crippen LogP contribution in [-0.2, 0) is 12.8 Å². The maximum atomic E-state index is 5.59. The summed E-state index contributed by atoms with van der Waals surface area (Å²) in [5.41, 5.74) is 11.3. The Kier molecular flexibility index (Phi) is 5.79.